The summed E-state index contributed by atoms with van der Waals surface area (Å²) < 4.78 is 10.5. The molecule has 0 fully saturated rings. The zero-order valence-electron chi connectivity index (χ0n) is 14.7. The molecule has 1 aliphatic heterocycles. The highest BCUT2D eigenvalue weighted by atomic mass is 16.7. The van der Waals surface area contributed by atoms with Gasteiger partial charge in [-0.1, -0.05) is 6.07 Å². The van der Waals surface area contributed by atoms with Gasteiger partial charge < -0.3 is 25.2 Å². The van der Waals surface area contributed by atoms with Crippen LogP contribution in [-0.2, 0) is 4.79 Å². The Labute approximate surface area is 160 Å². The van der Waals surface area contributed by atoms with Crippen molar-refractivity contribution in [1.29, 1.82) is 0 Å². The Morgan fingerprint density at radius 3 is 2.82 bits per heavy atom. The van der Waals surface area contributed by atoms with Crippen LogP contribution in [0.2, 0.25) is 0 Å². The van der Waals surface area contributed by atoms with E-state index in [1.54, 1.807) is 42.6 Å². The Bertz CT molecular complexity index is 1050. The van der Waals surface area contributed by atoms with Crippen molar-refractivity contribution >= 4 is 28.4 Å². The van der Waals surface area contributed by atoms with E-state index in [0.29, 0.717) is 22.7 Å². The molecule has 0 saturated heterocycles. The fourth-order valence-corrected chi connectivity index (χ4v) is 2.86. The van der Waals surface area contributed by atoms with Gasteiger partial charge in [-0.3, -0.25) is 14.6 Å². The fraction of sp³-hybridized carbons (Fsp3) is 0.150. The number of amides is 2. The summed E-state index contributed by atoms with van der Waals surface area (Å²) in [6, 6.07) is 12.5. The van der Waals surface area contributed by atoms with Gasteiger partial charge in [0.05, 0.1) is 12.1 Å². The molecular weight excluding hydrogens is 362 g/mol. The minimum atomic E-state index is -1.11. The van der Waals surface area contributed by atoms with Crippen LogP contribution in [0.15, 0.2) is 54.7 Å². The molecule has 2 amide bonds. The first kappa shape index (κ1) is 17.7. The van der Waals surface area contributed by atoms with Gasteiger partial charge >= 0.3 is 0 Å². The molecule has 28 heavy (non-hydrogen) atoms. The van der Waals surface area contributed by atoms with Crippen molar-refractivity contribution in [2.24, 2.45) is 0 Å². The van der Waals surface area contributed by atoms with Crippen molar-refractivity contribution in [2.75, 3.05) is 18.7 Å². The molecule has 3 aromatic rings. The fourth-order valence-electron chi connectivity index (χ4n) is 2.86. The van der Waals surface area contributed by atoms with E-state index in [1.165, 1.54) is 6.07 Å². The van der Waals surface area contributed by atoms with Gasteiger partial charge in [0.25, 0.3) is 5.91 Å². The summed E-state index contributed by atoms with van der Waals surface area (Å²) in [5.41, 5.74) is 1.64. The minimum absolute atomic E-state index is 0.101. The highest BCUT2D eigenvalue weighted by Gasteiger charge is 2.22. The van der Waals surface area contributed by atoms with E-state index in [0.717, 1.165) is 10.9 Å². The number of nitrogens with one attached hydrogen (secondary N) is 2. The molecule has 1 unspecified atom stereocenters. The number of carbonyl (C=O) groups excluding carboxylic acids is 2. The van der Waals surface area contributed by atoms with Crippen molar-refractivity contribution in [3.8, 4) is 11.5 Å². The summed E-state index contributed by atoms with van der Waals surface area (Å²) >= 11 is 0. The van der Waals surface area contributed by atoms with Crippen molar-refractivity contribution in [2.45, 2.75) is 6.04 Å². The van der Waals surface area contributed by atoms with Crippen LogP contribution in [0.25, 0.3) is 10.9 Å². The summed E-state index contributed by atoms with van der Waals surface area (Å²) in [6.45, 7) is -0.444. The van der Waals surface area contributed by atoms with Gasteiger partial charge in [0.2, 0.25) is 12.7 Å². The lowest BCUT2D eigenvalue weighted by Crippen LogP contribution is -2.46. The number of ether oxygens (including phenoxy) is 2. The van der Waals surface area contributed by atoms with Gasteiger partial charge in [-0.15, -0.1) is 0 Å². The number of rotatable bonds is 5. The van der Waals surface area contributed by atoms with Gasteiger partial charge in [0, 0.05) is 22.8 Å². The number of anilines is 1. The predicted octanol–water partition coefficient (Wildman–Crippen LogP) is 1.69. The van der Waals surface area contributed by atoms with E-state index in [1.807, 2.05) is 6.07 Å². The molecular formula is C20H17N3O5. The molecule has 0 saturated carbocycles. The molecule has 1 aliphatic rings. The first-order valence-corrected chi connectivity index (χ1v) is 8.61. The highest BCUT2D eigenvalue weighted by molar-refractivity contribution is 6.02. The molecule has 8 heteroatoms. The second-order valence-corrected chi connectivity index (χ2v) is 6.18. The monoisotopic (exact) mass is 379 g/mol. The average Bonchev–Trinajstić information content (AvgIpc) is 3.19. The largest absolute Gasteiger partial charge is 0.454 e. The first-order valence-electron chi connectivity index (χ1n) is 8.61. The molecule has 1 aromatic heterocycles. The molecule has 8 nitrogen and oxygen atoms in total. The molecule has 0 radical (unpaired) electrons. The number of hydrogen-bond acceptors (Lipinski definition) is 6. The zero-order valence-corrected chi connectivity index (χ0v) is 14.7. The van der Waals surface area contributed by atoms with Crippen LogP contribution in [0.4, 0.5) is 5.69 Å². The second kappa shape index (κ2) is 7.53. The molecule has 0 spiro atoms. The number of carbonyl (C=O) groups is 2. The maximum Gasteiger partial charge on any atom is 0.252 e. The first-order chi connectivity index (χ1) is 13.6. The quantitative estimate of drug-likeness (QED) is 0.622. The minimum Gasteiger partial charge on any atom is -0.454 e. The van der Waals surface area contributed by atoms with Crippen molar-refractivity contribution in [3.05, 3.63) is 60.3 Å². The van der Waals surface area contributed by atoms with E-state index in [-0.39, 0.29) is 6.79 Å². The van der Waals surface area contributed by atoms with Gasteiger partial charge in [0.1, 0.15) is 6.04 Å². The van der Waals surface area contributed by atoms with E-state index in [2.05, 4.69) is 15.6 Å². The van der Waals surface area contributed by atoms with Crippen LogP contribution < -0.4 is 20.1 Å². The molecule has 3 N–H and O–H groups in total. The third kappa shape index (κ3) is 3.58. The number of pyridine rings is 1. The molecule has 142 valence electrons. The lowest BCUT2D eigenvalue weighted by Gasteiger charge is -2.16. The summed E-state index contributed by atoms with van der Waals surface area (Å²) in [5.74, 6) is -0.0173. The van der Waals surface area contributed by atoms with Gasteiger partial charge in [-0.2, -0.15) is 0 Å². The Morgan fingerprint density at radius 2 is 1.96 bits per heavy atom. The second-order valence-electron chi connectivity index (χ2n) is 6.18. The topological polar surface area (TPSA) is 110 Å². The average molecular weight is 379 g/mol. The number of aliphatic hydroxyl groups excluding tert-OH is 1. The molecule has 1 atom stereocenters. The molecule has 4 rings (SSSR count). The van der Waals surface area contributed by atoms with Crippen LogP contribution in [0.3, 0.4) is 0 Å². The van der Waals surface area contributed by atoms with E-state index < -0.39 is 24.5 Å². The lowest BCUT2D eigenvalue weighted by atomic mass is 10.1. The number of benzene rings is 2. The highest BCUT2D eigenvalue weighted by Crippen LogP contribution is 2.32. The number of nitrogens with zero attached hydrogens (tertiary/aromatic N) is 1. The summed E-state index contributed by atoms with van der Waals surface area (Å²) in [5, 5.41) is 15.7. The zero-order chi connectivity index (χ0) is 19.5. The summed E-state index contributed by atoms with van der Waals surface area (Å²) in [4.78, 5) is 29.1. The Kier molecular flexibility index (Phi) is 4.77. The Hall–Kier alpha value is -3.65. The number of aliphatic hydroxyl groups is 1. The standard InChI is InChI=1S/C20H17N3O5/c24-10-16(23-19(25)13-3-6-17-18(9-13)28-11-27-17)20(26)22-14-4-5-15-12(8-14)2-1-7-21-15/h1-9,16,24H,10-11H2,(H,22,26)(H,23,25). The SMILES string of the molecule is O=C(NC(CO)C(=O)Nc1ccc2ncccc2c1)c1ccc2c(c1)OCO2. The van der Waals surface area contributed by atoms with E-state index in [9.17, 15) is 14.7 Å². The van der Waals surface area contributed by atoms with Crippen molar-refractivity contribution < 1.29 is 24.2 Å². The van der Waals surface area contributed by atoms with Crippen molar-refractivity contribution in [1.82, 2.24) is 10.3 Å². The number of aromatic nitrogens is 1. The van der Waals surface area contributed by atoms with Crippen LogP contribution in [0.5, 0.6) is 11.5 Å². The normalized spacial score (nSPS) is 13.2. The smallest absolute Gasteiger partial charge is 0.252 e. The van der Waals surface area contributed by atoms with E-state index >= 15 is 0 Å². The number of fused-ring (bicyclic) bond motifs is 2. The van der Waals surface area contributed by atoms with Crippen LogP contribution >= 0.6 is 0 Å². The molecule has 2 heterocycles. The molecule has 0 aliphatic carbocycles. The Morgan fingerprint density at radius 1 is 1.11 bits per heavy atom. The van der Waals surface area contributed by atoms with Crippen LogP contribution in [0, 0.1) is 0 Å². The maximum atomic E-state index is 12.5. The summed E-state index contributed by atoms with van der Waals surface area (Å²) in [7, 11) is 0. The maximum absolute atomic E-state index is 12.5. The lowest BCUT2D eigenvalue weighted by molar-refractivity contribution is -0.118. The Balaban J connectivity index is 1.45. The van der Waals surface area contributed by atoms with Gasteiger partial charge in [0.15, 0.2) is 11.5 Å². The van der Waals surface area contributed by atoms with Crippen LogP contribution in [0.1, 0.15) is 10.4 Å². The third-order valence-electron chi connectivity index (χ3n) is 4.31. The van der Waals surface area contributed by atoms with Crippen molar-refractivity contribution in [3.63, 3.8) is 0 Å². The van der Waals surface area contributed by atoms with Gasteiger partial charge in [-0.05, 0) is 42.5 Å². The van der Waals surface area contributed by atoms with E-state index in [4.69, 9.17) is 9.47 Å². The predicted molar refractivity (Wildman–Crippen MR) is 101 cm³/mol. The van der Waals surface area contributed by atoms with Crippen LogP contribution in [-0.4, -0.2) is 41.3 Å². The number of hydrogen-bond donors (Lipinski definition) is 3. The third-order valence-corrected chi connectivity index (χ3v) is 4.31. The summed E-state index contributed by atoms with van der Waals surface area (Å²) in [6.07, 6.45) is 1.69. The molecule has 2 aromatic carbocycles. The van der Waals surface area contributed by atoms with Gasteiger partial charge in [-0.25, -0.2) is 0 Å². The molecule has 0 bridgehead atoms.